The van der Waals surface area contributed by atoms with Crippen LogP contribution in [0.3, 0.4) is 0 Å². The highest BCUT2D eigenvalue weighted by atomic mass is 16.5. The van der Waals surface area contributed by atoms with Crippen molar-refractivity contribution in [2.24, 2.45) is 0 Å². The standard InChI is InChI=1S/C13H24N2O/c1-11(2)16-9-5-4-8-13(3,10-14)15-12-6-7-12/h11-12,15H,4-9H2,1-3H3. The molecule has 1 atom stereocenters. The maximum atomic E-state index is 9.16. The van der Waals surface area contributed by atoms with E-state index < -0.39 is 0 Å². The zero-order valence-electron chi connectivity index (χ0n) is 10.8. The first kappa shape index (κ1) is 13.5. The van der Waals surface area contributed by atoms with Crippen molar-refractivity contribution in [1.29, 1.82) is 5.26 Å². The lowest BCUT2D eigenvalue weighted by atomic mass is 9.96. The first-order valence-electron chi connectivity index (χ1n) is 6.36. The molecule has 1 rings (SSSR count). The van der Waals surface area contributed by atoms with Gasteiger partial charge in [0, 0.05) is 12.6 Å². The first-order chi connectivity index (χ1) is 7.56. The van der Waals surface area contributed by atoms with Crippen molar-refractivity contribution in [1.82, 2.24) is 5.32 Å². The van der Waals surface area contributed by atoms with Crippen molar-refractivity contribution < 1.29 is 4.74 Å². The number of hydrogen-bond donors (Lipinski definition) is 1. The molecular formula is C13H24N2O. The second-order valence-corrected chi connectivity index (χ2v) is 5.24. The number of nitrogens with one attached hydrogen (secondary N) is 1. The predicted molar refractivity (Wildman–Crippen MR) is 65.1 cm³/mol. The quantitative estimate of drug-likeness (QED) is 0.645. The fourth-order valence-electron chi connectivity index (χ4n) is 1.74. The minimum absolute atomic E-state index is 0.312. The van der Waals surface area contributed by atoms with Gasteiger partial charge in [0.25, 0.3) is 0 Å². The fraction of sp³-hybridized carbons (Fsp3) is 0.923. The van der Waals surface area contributed by atoms with E-state index >= 15 is 0 Å². The number of hydrogen-bond acceptors (Lipinski definition) is 3. The lowest BCUT2D eigenvalue weighted by molar-refractivity contribution is 0.0750. The van der Waals surface area contributed by atoms with Crippen LogP contribution in [0.5, 0.6) is 0 Å². The summed E-state index contributed by atoms with van der Waals surface area (Å²) in [6, 6.07) is 2.99. The second kappa shape index (κ2) is 6.22. The molecule has 1 fully saturated rings. The van der Waals surface area contributed by atoms with Gasteiger partial charge in [-0.3, -0.25) is 5.32 Å². The van der Waals surface area contributed by atoms with E-state index in [1.807, 2.05) is 20.8 Å². The molecule has 16 heavy (non-hydrogen) atoms. The number of nitrogens with zero attached hydrogens (tertiary/aromatic N) is 1. The largest absolute Gasteiger partial charge is 0.379 e. The molecule has 3 nitrogen and oxygen atoms in total. The molecule has 0 aromatic carbocycles. The van der Waals surface area contributed by atoms with Gasteiger partial charge in [0.2, 0.25) is 0 Å². The number of nitriles is 1. The number of ether oxygens (including phenoxy) is 1. The van der Waals surface area contributed by atoms with E-state index in [-0.39, 0.29) is 5.54 Å². The normalized spacial score (nSPS) is 19.4. The van der Waals surface area contributed by atoms with Gasteiger partial charge in [0.15, 0.2) is 0 Å². The Hall–Kier alpha value is -0.590. The Labute approximate surface area is 99.2 Å². The average molecular weight is 224 g/mol. The van der Waals surface area contributed by atoms with Crippen LogP contribution in [-0.4, -0.2) is 24.3 Å². The molecular weight excluding hydrogens is 200 g/mol. The maximum Gasteiger partial charge on any atom is 0.104 e. The van der Waals surface area contributed by atoms with E-state index in [1.165, 1.54) is 12.8 Å². The maximum absolute atomic E-state index is 9.16. The third-order valence-corrected chi connectivity index (χ3v) is 2.87. The average Bonchev–Trinajstić information content (AvgIpc) is 3.01. The molecule has 0 bridgehead atoms. The minimum Gasteiger partial charge on any atom is -0.379 e. The summed E-state index contributed by atoms with van der Waals surface area (Å²) >= 11 is 0. The van der Waals surface area contributed by atoms with Crippen molar-refractivity contribution in [3.05, 3.63) is 0 Å². The summed E-state index contributed by atoms with van der Waals surface area (Å²) in [6.07, 6.45) is 5.79. The van der Waals surface area contributed by atoms with Crippen LogP contribution in [0.1, 0.15) is 52.9 Å². The summed E-state index contributed by atoms with van der Waals surface area (Å²) in [4.78, 5) is 0. The summed E-state index contributed by atoms with van der Waals surface area (Å²) in [6.45, 7) is 6.92. The molecule has 0 saturated heterocycles. The van der Waals surface area contributed by atoms with Crippen molar-refractivity contribution in [3.63, 3.8) is 0 Å². The first-order valence-corrected chi connectivity index (χ1v) is 6.36. The van der Waals surface area contributed by atoms with Gasteiger partial charge in [0.1, 0.15) is 5.54 Å². The van der Waals surface area contributed by atoms with E-state index in [0.717, 1.165) is 25.9 Å². The second-order valence-electron chi connectivity index (χ2n) is 5.24. The summed E-state index contributed by atoms with van der Waals surface area (Å²) in [5, 5.41) is 12.6. The van der Waals surface area contributed by atoms with E-state index in [9.17, 15) is 0 Å². The van der Waals surface area contributed by atoms with Gasteiger partial charge in [-0.25, -0.2) is 0 Å². The Morgan fingerprint density at radius 2 is 2.12 bits per heavy atom. The number of unbranched alkanes of at least 4 members (excludes halogenated alkanes) is 1. The van der Waals surface area contributed by atoms with Gasteiger partial charge in [-0.2, -0.15) is 5.26 Å². The predicted octanol–water partition coefficient (Wildman–Crippen LogP) is 2.62. The van der Waals surface area contributed by atoms with Gasteiger partial charge in [-0.1, -0.05) is 0 Å². The van der Waals surface area contributed by atoms with E-state index in [2.05, 4.69) is 11.4 Å². The molecule has 0 aromatic rings. The molecule has 1 N–H and O–H groups in total. The Morgan fingerprint density at radius 3 is 2.62 bits per heavy atom. The van der Waals surface area contributed by atoms with Crippen molar-refractivity contribution in [3.8, 4) is 6.07 Å². The highest BCUT2D eigenvalue weighted by Gasteiger charge is 2.31. The van der Waals surface area contributed by atoms with Crippen molar-refractivity contribution in [2.75, 3.05) is 6.61 Å². The van der Waals surface area contributed by atoms with Crippen LogP contribution >= 0.6 is 0 Å². The highest BCUT2D eigenvalue weighted by molar-refractivity contribution is 5.06. The molecule has 0 amide bonds. The lowest BCUT2D eigenvalue weighted by Gasteiger charge is -2.23. The molecule has 1 unspecified atom stereocenters. The molecule has 0 radical (unpaired) electrons. The fourth-order valence-corrected chi connectivity index (χ4v) is 1.74. The molecule has 1 saturated carbocycles. The molecule has 1 aliphatic rings. The zero-order valence-corrected chi connectivity index (χ0v) is 10.8. The van der Waals surface area contributed by atoms with Gasteiger partial charge in [0.05, 0.1) is 12.2 Å². The van der Waals surface area contributed by atoms with E-state index in [4.69, 9.17) is 10.00 Å². The molecule has 3 heteroatoms. The third-order valence-electron chi connectivity index (χ3n) is 2.87. The highest BCUT2D eigenvalue weighted by Crippen LogP contribution is 2.24. The summed E-state index contributed by atoms with van der Waals surface area (Å²) < 4.78 is 5.48. The van der Waals surface area contributed by atoms with Gasteiger partial charge in [-0.05, 0) is 52.9 Å². The Kier molecular flexibility index (Phi) is 5.24. The van der Waals surface area contributed by atoms with Crippen LogP contribution in [0, 0.1) is 11.3 Å². The van der Waals surface area contributed by atoms with Crippen LogP contribution in [0.2, 0.25) is 0 Å². The molecule has 0 aliphatic heterocycles. The van der Waals surface area contributed by atoms with Crippen LogP contribution in [0.15, 0.2) is 0 Å². The summed E-state index contributed by atoms with van der Waals surface area (Å²) in [5.74, 6) is 0. The van der Waals surface area contributed by atoms with Gasteiger partial charge < -0.3 is 4.74 Å². The van der Waals surface area contributed by atoms with Crippen molar-refractivity contribution in [2.45, 2.75) is 70.6 Å². The Bertz CT molecular complexity index is 243. The molecule has 1 aliphatic carbocycles. The van der Waals surface area contributed by atoms with Crippen LogP contribution < -0.4 is 5.32 Å². The SMILES string of the molecule is CC(C)OCCCCC(C)(C#N)NC1CC1. The van der Waals surface area contributed by atoms with Gasteiger partial charge in [-0.15, -0.1) is 0 Å². The Morgan fingerprint density at radius 1 is 1.44 bits per heavy atom. The van der Waals surface area contributed by atoms with Crippen LogP contribution in [-0.2, 0) is 4.74 Å². The smallest absolute Gasteiger partial charge is 0.104 e. The monoisotopic (exact) mass is 224 g/mol. The van der Waals surface area contributed by atoms with Gasteiger partial charge >= 0.3 is 0 Å². The van der Waals surface area contributed by atoms with E-state index in [1.54, 1.807) is 0 Å². The third kappa shape index (κ3) is 5.48. The molecule has 0 heterocycles. The molecule has 0 spiro atoms. The summed E-state index contributed by atoms with van der Waals surface area (Å²) in [5.41, 5.74) is -0.334. The minimum atomic E-state index is -0.334. The number of rotatable bonds is 8. The summed E-state index contributed by atoms with van der Waals surface area (Å²) in [7, 11) is 0. The van der Waals surface area contributed by atoms with Crippen LogP contribution in [0.4, 0.5) is 0 Å². The molecule has 92 valence electrons. The van der Waals surface area contributed by atoms with Crippen LogP contribution in [0.25, 0.3) is 0 Å². The lowest BCUT2D eigenvalue weighted by Crippen LogP contribution is -2.42. The topological polar surface area (TPSA) is 45.0 Å². The van der Waals surface area contributed by atoms with E-state index in [0.29, 0.717) is 12.1 Å². The van der Waals surface area contributed by atoms with Crippen molar-refractivity contribution >= 4 is 0 Å². The Balaban J connectivity index is 2.10. The molecule has 0 aromatic heterocycles. The zero-order chi connectivity index (χ0) is 12.0.